The number of nitrogens with one attached hydrogen (secondary N) is 2. The van der Waals surface area contributed by atoms with Crippen LogP contribution in [0.25, 0.3) is 5.65 Å². The molecule has 0 aliphatic carbocycles. The maximum atomic E-state index is 4.58. The van der Waals surface area contributed by atoms with Gasteiger partial charge in [0, 0.05) is 50.8 Å². The Kier molecular flexibility index (Phi) is 5.45. The lowest BCUT2D eigenvalue weighted by atomic mass is 10.3. The molecule has 4 rings (SSSR count). The molecule has 2 aromatic heterocycles. The molecule has 8 heteroatoms. The summed E-state index contributed by atoms with van der Waals surface area (Å²) >= 11 is 0. The van der Waals surface area contributed by atoms with Gasteiger partial charge in [0.05, 0.1) is 0 Å². The minimum absolute atomic E-state index is 0.565. The molecule has 0 spiro atoms. The van der Waals surface area contributed by atoms with Crippen molar-refractivity contribution in [2.24, 2.45) is 0 Å². The molecular formula is C19H26N8. The van der Waals surface area contributed by atoms with E-state index in [-0.39, 0.29) is 0 Å². The molecule has 27 heavy (non-hydrogen) atoms. The summed E-state index contributed by atoms with van der Waals surface area (Å²) in [5, 5.41) is 11.1. The van der Waals surface area contributed by atoms with Crippen molar-refractivity contribution >= 4 is 23.1 Å². The average molecular weight is 366 g/mol. The monoisotopic (exact) mass is 366 g/mol. The molecule has 0 radical (unpaired) electrons. The SMILES string of the molecule is CN1CCN(CCCNc2nccn3nc(Nc4ccccc4)nc23)CC1. The zero-order valence-corrected chi connectivity index (χ0v) is 15.7. The van der Waals surface area contributed by atoms with Crippen LogP contribution >= 0.6 is 0 Å². The first-order chi connectivity index (χ1) is 13.3. The number of rotatable bonds is 7. The fourth-order valence-electron chi connectivity index (χ4n) is 3.23. The second-order valence-electron chi connectivity index (χ2n) is 6.90. The van der Waals surface area contributed by atoms with E-state index in [0.29, 0.717) is 5.95 Å². The molecule has 3 heterocycles. The minimum Gasteiger partial charge on any atom is -0.367 e. The van der Waals surface area contributed by atoms with Gasteiger partial charge in [0.15, 0.2) is 11.5 Å². The summed E-state index contributed by atoms with van der Waals surface area (Å²) in [6, 6.07) is 9.92. The smallest absolute Gasteiger partial charge is 0.247 e. The van der Waals surface area contributed by atoms with Crippen LogP contribution in [0.4, 0.5) is 17.5 Å². The number of nitrogens with zero attached hydrogens (tertiary/aromatic N) is 6. The Labute approximate surface area is 159 Å². The highest BCUT2D eigenvalue weighted by Gasteiger charge is 2.13. The van der Waals surface area contributed by atoms with Crippen molar-refractivity contribution in [3.05, 3.63) is 42.7 Å². The third-order valence-corrected chi connectivity index (χ3v) is 4.82. The fourth-order valence-corrected chi connectivity index (χ4v) is 3.23. The Balaban J connectivity index is 1.34. The van der Waals surface area contributed by atoms with Gasteiger partial charge in [-0.1, -0.05) is 18.2 Å². The quantitative estimate of drug-likeness (QED) is 0.619. The number of anilines is 3. The summed E-state index contributed by atoms with van der Waals surface area (Å²) < 4.78 is 1.75. The van der Waals surface area contributed by atoms with Crippen molar-refractivity contribution in [2.45, 2.75) is 6.42 Å². The Morgan fingerprint density at radius 1 is 1.07 bits per heavy atom. The van der Waals surface area contributed by atoms with Crippen molar-refractivity contribution in [2.75, 3.05) is 56.9 Å². The number of likely N-dealkylation sites (N-methyl/N-ethyl adjacent to an activating group) is 1. The Bertz CT molecular complexity index is 855. The van der Waals surface area contributed by atoms with E-state index in [1.807, 2.05) is 36.5 Å². The van der Waals surface area contributed by atoms with Crippen molar-refractivity contribution in [3.63, 3.8) is 0 Å². The van der Waals surface area contributed by atoms with Gasteiger partial charge in [0.25, 0.3) is 0 Å². The number of hydrogen-bond acceptors (Lipinski definition) is 7. The van der Waals surface area contributed by atoms with Crippen molar-refractivity contribution in [1.29, 1.82) is 0 Å². The lowest BCUT2D eigenvalue weighted by Crippen LogP contribution is -2.44. The van der Waals surface area contributed by atoms with Crippen LogP contribution in [0.15, 0.2) is 42.7 Å². The van der Waals surface area contributed by atoms with Crippen molar-refractivity contribution < 1.29 is 0 Å². The first-order valence-corrected chi connectivity index (χ1v) is 9.46. The Morgan fingerprint density at radius 3 is 2.70 bits per heavy atom. The summed E-state index contributed by atoms with van der Waals surface area (Å²) in [4.78, 5) is 13.9. The Hall–Kier alpha value is -2.71. The number of aromatic nitrogens is 4. The highest BCUT2D eigenvalue weighted by atomic mass is 15.4. The van der Waals surface area contributed by atoms with E-state index in [4.69, 9.17) is 0 Å². The number of piperazine rings is 1. The standard InChI is InChI=1S/C19H26N8/c1-25-12-14-26(15-13-25)10-5-8-20-17-18-23-19(24-27(18)11-9-21-17)22-16-6-3-2-4-7-16/h2-4,6-7,9,11H,5,8,10,12-15H2,1H3,(H,20,21)(H,22,24). The van der Waals surface area contributed by atoms with Gasteiger partial charge in [-0.2, -0.15) is 4.98 Å². The summed E-state index contributed by atoms with van der Waals surface area (Å²) in [6.45, 7) is 6.60. The number of fused-ring (bicyclic) bond motifs is 1. The second-order valence-corrected chi connectivity index (χ2v) is 6.90. The molecule has 0 unspecified atom stereocenters. The van der Waals surface area contributed by atoms with Crippen LogP contribution in [0.5, 0.6) is 0 Å². The van der Waals surface area contributed by atoms with Crippen LogP contribution in [0, 0.1) is 0 Å². The van der Waals surface area contributed by atoms with Gasteiger partial charge < -0.3 is 20.4 Å². The first-order valence-electron chi connectivity index (χ1n) is 9.46. The van der Waals surface area contributed by atoms with E-state index in [9.17, 15) is 0 Å². The predicted molar refractivity (Wildman–Crippen MR) is 108 cm³/mol. The van der Waals surface area contributed by atoms with Crippen LogP contribution < -0.4 is 10.6 Å². The molecule has 1 saturated heterocycles. The van der Waals surface area contributed by atoms with Crippen LogP contribution in [0.1, 0.15) is 6.42 Å². The molecule has 2 N–H and O–H groups in total. The van der Waals surface area contributed by atoms with Crippen LogP contribution in [-0.2, 0) is 0 Å². The van der Waals surface area contributed by atoms with Gasteiger partial charge in [-0.3, -0.25) is 0 Å². The molecule has 1 fully saturated rings. The lowest BCUT2D eigenvalue weighted by molar-refractivity contribution is 0.154. The van der Waals surface area contributed by atoms with E-state index in [2.05, 4.69) is 42.5 Å². The third kappa shape index (κ3) is 4.53. The van der Waals surface area contributed by atoms with E-state index in [1.54, 1.807) is 10.7 Å². The maximum Gasteiger partial charge on any atom is 0.247 e. The molecule has 8 nitrogen and oxygen atoms in total. The molecular weight excluding hydrogens is 340 g/mol. The number of hydrogen-bond donors (Lipinski definition) is 2. The summed E-state index contributed by atoms with van der Waals surface area (Å²) in [5.74, 6) is 1.33. The number of para-hydroxylation sites is 1. The highest BCUT2D eigenvalue weighted by Crippen LogP contribution is 2.17. The molecule has 1 aliphatic rings. The third-order valence-electron chi connectivity index (χ3n) is 4.82. The molecule has 3 aromatic rings. The maximum absolute atomic E-state index is 4.58. The molecule has 1 aromatic carbocycles. The molecule has 0 saturated carbocycles. The molecule has 1 aliphatic heterocycles. The fraction of sp³-hybridized carbons (Fsp3) is 0.421. The summed E-state index contributed by atoms with van der Waals surface area (Å²) in [5.41, 5.74) is 1.69. The second kappa shape index (κ2) is 8.32. The summed E-state index contributed by atoms with van der Waals surface area (Å²) in [6.07, 6.45) is 4.64. The van der Waals surface area contributed by atoms with Gasteiger partial charge in [0.2, 0.25) is 5.95 Å². The van der Waals surface area contributed by atoms with Gasteiger partial charge in [0.1, 0.15) is 0 Å². The van der Waals surface area contributed by atoms with E-state index >= 15 is 0 Å². The molecule has 0 atom stereocenters. The molecule has 142 valence electrons. The average Bonchev–Trinajstić information content (AvgIpc) is 3.10. The first kappa shape index (κ1) is 17.7. The number of benzene rings is 1. The van der Waals surface area contributed by atoms with Gasteiger partial charge in [-0.25, -0.2) is 9.50 Å². The molecule has 0 amide bonds. The largest absolute Gasteiger partial charge is 0.367 e. The van der Waals surface area contributed by atoms with Gasteiger partial charge in [-0.05, 0) is 32.1 Å². The highest BCUT2D eigenvalue weighted by molar-refractivity contribution is 5.65. The van der Waals surface area contributed by atoms with E-state index in [0.717, 1.165) is 62.8 Å². The van der Waals surface area contributed by atoms with Gasteiger partial charge >= 0.3 is 0 Å². The van der Waals surface area contributed by atoms with Crippen LogP contribution in [0.3, 0.4) is 0 Å². The molecule has 0 bridgehead atoms. The van der Waals surface area contributed by atoms with Gasteiger partial charge in [-0.15, -0.1) is 5.10 Å². The van der Waals surface area contributed by atoms with E-state index in [1.165, 1.54) is 0 Å². The van der Waals surface area contributed by atoms with E-state index < -0.39 is 0 Å². The zero-order chi connectivity index (χ0) is 18.5. The topological polar surface area (TPSA) is 73.6 Å². The van der Waals surface area contributed by atoms with Crippen molar-refractivity contribution in [1.82, 2.24) is 29.4 Å². The summed E-state index contributed by atoms with van der Waals surface area (Å²) in [7, 11) is 2.19. The lowest BCUT2D eigenvalue weighted by Gasteiger charge is -2.32. The van der Waals surface area contributed by atoms with Crippen LogP contribution in [0.2, 0.25) is 0 Å². The van der Waals surface area contributed by atoms with Crippen molar-refractivity contribution in [3.8, 4) is 0 Å². The Morgan fingerprint density at radius 2 is 1.89 bits per heavy atom. The normalized spacial score (nSPS) is 15.9. The minimum atomic E-state index is 0.565. The van der Waals surface area contributed by atoms with Crippen LogP contribution in [-0.4, -0.2) is 75.7 Å². The zero-order valence-electron chi connectivity index (χ0n) is 15.7. The predicted octanol–water partition coefficient (Wildman–Crippen LogP) is 1.92.